The van der Waals surface area contributed by atoms with Crippen LogP contribution in [-0.2, 0) is 16.1 Å². The molecule has 1 atom stereocenters. The fourth-order valence-electron chi connectivity index (χ4n) is 2.42. The molecule has 1 aliphatic heterocycles. The second-order valence-electron chi connectivity index (χ2n) is 5.68. The van der Waals surface area contributed by atoms with Gasteiger partial charge in [-0.25, -0.2) is 0 Å². The Labute approximate surface area is 126 Å². The Bertz CT molecular complexity index is 547. The summed E-state index contributed by atoms with van der Waals surface area (Å²) in [5, 5.41) is 0. The first-order valence-corrected chi connectivity index (χ1v) is 7.24. The Balaban J connectivity index is 2.07. The summed E-state index contributed by atoms with van der Waals surface area (Å²) in [5.74, 6) is 0.0242. The van der Waals surface area contributed by atoms with Gasteiger partial charge < -0.3 is 9.80 Å². The Morgan fingerprint density at radius 2 is 1.90 bits per heavy atom. The molecule has 1 heterocycles. The third-order valence-electron chi connectivity index (χ3n) is 3.70. The largest absolute Gasteiger partial charge is 0.327 e. The first-order valence-electron chi connectivity index (χ1n) is 7.24. The van der Waals surface area contributed by atoms with Crippen LogP contribution in [0.2, 0.25) is 0 Å². The van der Waals surface area contributed by atoms with Gasteiger partial charge in [-0.1, -0.05) is 42.0 Å². The molecule has 4 nitrogen and oxygen atoms in total. The maximum absolute atomic E-state index is 12.4. The molecule has 21 heavy (non-hydrogen) atoms. The quantitative estimate of drug-likeness (QED) is 0.796. The number of amides is 2. The summed E-state index contributed by atoms with van der Waals surface area (Å²) >= 11 is 0. The van der Waals surface area contributed by atoms with Crippen molar-refractivity contribution >= 4 is 11.8 Å². The van der Waals surface area contributed by atoms with Gasteiger partial charge in [0.05, 0.1) is 0 Å². The summed E-state index contributed by atoms with van der Waals surface area (Å²) in [4.78, 5) is 28.0. The van der Waals surface area contributed by atoms with Crippen LogP contribution in [0, 0.1) is 0 Å². The normalized spacial score (nSPS) is 18.9. The Kier molecular flexibility index (Phi) is 4.78. The Morgan fingerprint density at radius 1 is 1.24 bits per heavy atom. The van der Waals surface area contributed by atoms with Crippen molar-refractivity contribution in [1.82, 2.24) is 9.80 Å². The first kappa shape index (κ1) is 15.3. The van der Waals surface area contributed by atoms with E-state index < -0.39 is 6.04 Å². The van der Waals surface area contributed by atoms with E-state index in [0.29, 0.717) is 13.1 Å². The van der Waals surface area contributed by atoms with Crippen LogP contribution in [0.4, 0.5) is 0 Å². The highest BCUT2D eigenvalue weighted by atomic mass is 16.2. The topological polar surface area (TPSA) is 40.6 Å². The lowest BCUT2D eigenvalue weighted by molar-refractivity contribution is -0.155. The zero-order valence-corrected chi connectivity index (χ0v) is 12.9. The number of hydrogen-bond donors (Lipinski definition) is 0. The molecule has 2 amide bonds. The molecule has 1 aromatic rings. The maximum Gasteiger partial charge on any atom is 0.245 e. The van der Waals surface area contributed by atoms with E-state index in [0.717, 1.165) is 11.1 Å². The zero-order chi connectivity index (χ0) is 15.4. The van der Waals surface area contributed by atoms with Crippen molar-refractivity contribution in [3.05, 3.63) is 47.5 Å². The number of piperazine rings is 1. The molecule has 2 rings (SSSR count). The number of carbonyl (C=O) groups is 2. The molecule has 0 bridgehead atoms. The van der Waals surface area contributed by atoms with E-state index in [1.54, 1.807) is 16.7 Å². The van der Waals surface area contributed by atoms with Gasteiger partial charge in [0.15, 0.2) is 0 Å². The minimum Gasteiger partial charge on any atom is -0.327 e. The van der Waals surface area contributed by atoms with E-state index in [-0.39, 0.29) is 18.4 Å². The molecular formula is C17H22N2O2. The van der Waals surface area contributed by atoms with Crippen LogP contribution < -0.4 is 0 Å². The van der Waals surface area contributed by atoms with Gasteiger partial charge in [-0.05, 0) is 26.3 Å². The van der Waals surface area contributed by atoms with E-state index in [4.69, 9.17) is 0 Å². The highest BCUT2D eigenvalue weighted by molar-refractivity contribution is 5.94. The van der Waals surface area contributed by atoms with E-state index in [2.05, 4.69) is 0 Å². The van der Waals surface area contributed by atoms with Crippen LogP contribution in [0.25, 0.3) is 0 Å². The van der Waals surface area contributed by atoms with Gasteiger partial charge >= 0.3 is 0 Å². The van der Waals surface area contributed by atoms with Crippen LogP contribution in [-0.4, -0.2) is 40.7 Å². The van der Waals surface area contributed by atoms with Gasteiger partial charge in [0.25, 0.3) is 0 Å². The van der Waals surface area contributed by atoms with E-state index in [1.807, 2.05) is 50.3 Å². The lowest BCUT2D eigenvalue weighted by Crippen LogP contribution is -2.58. The Morgan fingerprint density at radius 3 is 2.52 bits per heavy atom. The Hall–Kier alpha value is -2.10. The summed E-state index contributed by atoms with van der Waals surface area (Å²) < 4.78 is 0. The summed E-state index contributed by atoms with van der Waals surface area (Å²) in [7, 11) is 0. The van der Waals surface area contributed by atoms with Gasteiger partial charge in [-0.15, -0.1) is 0 Å². The number of carbonyl (C=O) groups excluding carboxylic acids is 2. The molecule has 112 valence electrons. The number of hydrogen-bond acceptors (Lipinski definition) is 2. The average Bonchev–Trinajstić information content (AvgIpc) is 2.45. The summed E-state index contributed by atoms with van der Waals surface area (Å²) in [5.41, 5.74) is 2.19. The standard InChI is InChI=1S/C17H22N2O2/c1-13(2)9-10-19-14(3)17(21)18(12-16(19)20)11-15-7-5-4-6-8-15/h4-9,14H,10-12H2,1-3H3/t14-/m0/s1. The van der Waals surface area contributed by atoms with E-state index in [9.17, 15) is 9.59 Å². The highest BCUT2D eigenvalue weighted by Gasteiger charge is 2.35. The third-order valence-corrected chi connectivity index (χ3v) is 3.70. The predicted octanol–water partition coefficient (Wildman–Crippen LogP) is 2.21. The maximum atomic E-state index is 12.4. The lowest BCUT2D eigenvalue weighted by Gasteiger charge is -2.38. The molecule has 1 aromatic carbocycles. The van der Waals surface area contributed by atoms with Crippen LogP contribution >= 0.6 is 0 Å². The van der Waals surface area contributed by atoms with E-state index in [1.165, 1.54) is 0 Å². The van der Waals surface area contributed by atoms with Crippen molar-refractivity contribution in [3.8, 4) is 0 Å². The summed E-state index contributed by atoms with van der Waals surface area (Å²) in [6, 6.07) is 9.36. The molecule has 4 heteroatoms. The van der Waals surface area contributed by atoms with Crippen molar-refractivity contribution in [2.24, 2.45) is 0 Å². The summed E-state index contributed by atoms with van der Waals surface area (Å²) in [6.45, 7) is 6.94. The molecule has 1 aliphatic rings. The monoisotopic (exact) mass is 286 g/mol. The third kappa shape index (κ3) is 3.72. The van der Waals surface area contributed by atoms with Crippen LogP contribution in [0.15, 0.2) is 42.0 Å². The van der Waals surface area contributed by atoms with Crippen LogP contribution in [0.1, 0.15) is 26.3 Å². The second-order valence-corrected chi connectivity index (χ2v) is 5.68. The van der Waals surface area contributed by atoms with Crippen LogP contribution in [0.5, 0.6) is 0 Å². The van der Waals surface area contributed by atoms with Crippen molar-refractivity contribution < 1.29 is 9.59 Å². The molecule has 0 saturated carbocycles. The molecule has 1 saturated heterocycles. The molecule has 0 unspecified atom stereocenters. The SMILES string of the molecule is CC(C)=CCN1C(=O)CN(Cc2ccccc2)C(=O)[C@@H]1C. The van der Waals surface area contributed by atoms with Gasteiger partial charge in [-0.2, -0.15) is 0 Å². The fourth-order valence-corrected chi connectivity index (χ4v) is 2.42. The van der Waals surface area contributed by atoms with Crippen molar-refractivity contribution in [2.75, 3.05) is 13.1 Å². The minimum absolute atomic E-state index is 0.00975. The smallest absolute Gasteiger partial charge is 0.245 e. The van der Waals surface area contributed by atoms with Crippen molar-refractivity contribution in [1.29, 1.82) is 0 Å². The molecular weight excluding hydrogens is 264 g/mol. The van der Waals surface area contributed by atoms with Gasteiger partial charge in [0, 0.05) is 13.1 Å². The van der Waals surface area contributed by atoms with Gasteiger partial charge in [0.1, 0.15) is 12.6 Å². The molecule has 0 spiro atoms. The van der Waals surface area contributed by atoms with Crippen LogP contribution in [0.3, 0.4) is 0 Å². The van der Waals surface area contributed by atoms with Gasteiger partial charge in [-0.3, -0.25) is 9.59 Å². The first-order chi connectivity index (χ1) is 9.99. The molecule has 0 N–H and O–H groups in total. The zero-order valence-electron chi connectivity index (χ0n) is 12.9. The minimum atomic E-state index is -0.398. The number of allylic oxidation sites excluding steroid dienone is 1. The molecule has 1 fully saturated rings. The number of benzene rings is 1. The number of rotatable bonds is 4. The van der Waals surface area contributed by atoms with E-state index >= 15 is 0 Å². The van der Waals surface area contributed by atoms with Crippen molar-refractivity contribution in [2.45, 2.75) is 33.4 Å². The average molecular weight is 286 g/mol. The van der Waals surface area contributed by atoms with Gasteiger partial charge in [0.2, 0.25) is 11.8 Å². The second kappa shape index (κ2) is 6.57. The highest BCUT2D eigenvalue weighted by Crippen LogP contribution is 2.15. The predicted molar refractivity (Wildman–Crippen MR) is 82.5 cm³/mol. The van der Waals surface area contributed by atoms with Crippen molar-refractivity contribution in [3.63, 3.8) is 0 Å². The molecule has 0 radical (unpaired) electrons. The fraction of sp³-hybridized carbons (Fsp3) is 0.412. The lowest BCUT2D eigenvalue weighted by atomic mass is 10.1. The summed E-state index contributed by atoms with van der Waals surface area (Å²) in [6.07, 6.45) is 1.98. The molecule has 0 aromatic heterocycles. The molecule has 0 aliphatic carbocycles. The number of nitrogens with zero attached hydrogens (tertiary/aromatic N) is 2.